The van der Waals surface area contributed by atoms with Crippen LogP contribution in [0.2, 0.25) is 5.02 Å². The largest absolute Gasteiger partial charge is 0.468 e. The number of nitrogens with zero attached hydrogens (tertiary/aromatic N) is 1. The summed E-state index contributed by atoms with van der Waals surface area (Å²) >= 11 is 5.80. The minimum atomic E-state index is -4.07. The van der Waals surface area contributed by atoms with Crippen LogP contribution in [0.3, 0.4) is 0 Å². The molecule has 5 nitrogen and oxygen atoms in total. The molecule has 0 aliphatic carbocycles. The molecule has 0 aliphatic heterocycles. The highest BCUT2D eigenvalue weighted by Gasteiger charge is 2.27. The van der Waals surface area contributed by atoms with Crippen LogP contribution in [0.15, 0.2) is 53.4 Å². The first-order valence-corrected chi connectivity index (χ1v) is 8.27. The highest BCUT2D eigenvalue weighted by Crippen LogP contribution is 2.25. The summed E-state index contributed by atoms with van der Waals surface area (Å²) in [7, 11) is -2.91. The summed E-state index contributed by atoms with van der Waals surface area (Å²) in [4.78, 5) is 11.4. The van der Waals surface area contributed by atoms with Gasteiger partial charge in [-0.05, 0) is 48.5 Å². The molecule has 0 N–H and O–H groups in total. The Kier molecular flexibility index (Phi) is 5.23. The Hall–Kier alpha value is -2.12. The predicted octanol–water partition coefficient (Wildman–Crippen LogP) is 2.85. The van der Waals surface area contributed by atoms with Gasteiger partial charge in [-0.15, -0.1) is 0 Å². The average molecular weight is 358 g/mol. The molecular formula is C15H13ClFNO4S. The molecule has 2 aromatic carbocycles. The van der Waals surface area contributed by atoms with Crippen LogP contribution in [0.1, 0.15) is 0 Å². The fourth-order valence-electron chi connectivity index (χ4n) is 1.84. The topological polar surface area (TPSA) is 63.7 Å². The van der Waals surface area contributed by atoms with Crippen LogP contribution >= 0.6 is 11.6 Å². The molecule has 0 atom stereocenters. The Morgan fingerprint density at radius 2 is 1.70 bits per heavy atom. The highest BCUT2D eigenvalue weighted by atomic mass is 35.5. The van der Waals surface area contributed by atoms with Gasteiger partial charge in [-0.1, -0.05) is 11.6 Å². The average Bonchev–Trinajstić information content (AvgIpc) is 2.53. The Balaban J connectivity index is 2.49. The van der Waals surface area contributed by atoms with Crippen LogP contribution < -0.4 is 4.31 Å². The molecule has 122 valence electrons. The van der Waals surface area contributed by atoms with Gasteiger partial charge in [0.05, 0.1) is 17.7 Å². The number of esters is 1. The molecule has 8 heteroatoms. The lowest BCUT2D eigenvalue weighted by molar-refractivity contribution is -0.138. The van der Waals surface area contributed by atoms with Crippen molar-refractivity contribution in [3.8, 4) is 0 Å². The van der Waals surface area contributed by atoms with Crippen molar-refractivity contribution in [2.75, 3.05) is 18.0 Å². The molecule has 0 aliphatic rings. The van der Waals surface area contributed by atoms with E-state index in [0.717, 1.165) is 35.7 Å². The first-order valence-electron chi connectivity index (χ1n) is 6.45. The predicted molar refractivity (Wildman–Crippen MR) is 84.4 cm³/mol. The molecule has 0 fully saturated rings. The van der Waals surface area contributed by atoms with Gasteiger partial charge < -0.3 is 4.74 Å². The number of halogens is 2. The third-order valence-corrected chi connectivity index (χ3v) is 5.06. The number of carbonyl (C=O) groups is 1. The molecule has 0 spiro atoms. The van der Waals surface area contributed by atoms with Crippen LogP contribution in [-0.4, -0.2) is 28.0 Å². The summed E-state index contributed by atoms with van der Waals surface area (Å²) in [5.41, 5.74) is 0.240. The second-order valence-corrected chi connectivity index (χ2v) is 6.82. The van der Waals surface area contributed by atoms with E-state index in [1.54, 1.807) is 0 Å². The van der Waals surface area contributed by atoms with Gasteiger partial charge in [0.15, 0.2) is 0 Å². The minimum Gasteiger partial charge on any atom is -0.468 e. The number of methoxy groups -OCH3 is 1. The first-order chi connectivity index (χ1) is 10.8. The van der Waals surface area contributed by atoms with Crippen LogP contribution in [-0.2, 0) is 19.6 Å². The zero-order valence-corrected chi connectivity index (χ0v) is 13.6. The zero-order valence-electron chi connectivity index (χ0n) is 12.1. The van der Waals surface area contributed by atoms with Gasteiger partial charge in [-0.2, -0.15) is 0 Å². The van der Waals surface area contributed by atoms with Crippen molar-refractivity contribution in [3.05, 3.63) is 59.4 Å². The first kappa shape index (κ1) is 17.2. The Labute approximate surface area is 138 Å². The van der Waals surface area contributed by atoms with Crippen molar-refractivity contribution in [1.82, 2.24) is 0 Å². The molecular weight excluding hydrogens is 345 g/mol. The van der Waals surface area contributed by atoms with Crippen molar-refractivity contribution in [2.45, 2.75) is 4.90 Å². The van der Waals surface area contributed by atoms with E-state index in [0.29, 0.717) is 5.02 Å². The molecule has 0 radical (unpaired) electrons. The number of anilines is 1. The van der Waals surface area contributed by atoms with Gasteiger partial charge in [-0.3, -0.25) is 9.10 Å². The third kappa shape index (κ3) is 4.00. The normalized spacial score (nSPS) is 11.1. The summed E-state index contributed by atoms with van der Waals surface area (Å²) in [5, 5.41) is 0.422. The molecule has 2 rings (SSSR count). The van der Waals surface area contributed by atoms with E-state index in [9.17, 15) is 17.6 Å². The maximum absolute atomic E-state index is 13.0. The highest BCUT2D eigenvalue weighted by molar-refractivity contribution is 7.92. The summed E-state index contributed by atoms with van der Waals surface area (Å²) in [6.45, 7) is -0.516. The fourth-order valence-corrected chi connectivity index (χ4v) is 3.37. The minimum absolute atomic E-state index is 0.141. The number of rotatable bonds is 5. The van der Waals surface area contributed by atoms with E-state index in [-0.39, 0.29) is 10.6 Å². The van der Waals surface area contributed by atoms with Gasteiger partial charge in [0, 0.05) is 5.02 Å². The number of sulfonamides is 1. The molecule has 0 saturated carbocycles. The van der Waals surface area contributed by atoms with Crippen LogP contribution in [0, 0.1) is 5.82 Å². The lowest BCUT2D eigenvalue weighted by atomic mass is 10.3. The SMILES string of the molecule is COC(=O)CN(c1ccc(Cl)cc1)S(=O)(=O)c1ccc(F)cc1. The molecule has 0 amide bonds. The van der Waals surface area contributed by atoms with E-state index in [1.165, 1.54) is 24.3 Å². The lowest BCUT2D eigenvalue weighted by Gasteiger charge is -2.23. The second kappa shape index (κ2) is 6.97. The van der Waals surface area contributed by atoms with Gasteiger partial charge >= 0.3 is 5.97 Å². The third-order valence-electron chi connectivity index (χ3n) is 3.02. The lowest BCUT2D eigenvalue weighted by Crippen LogP contribution is -2.36. The standard InChI is InChI=1S/C15H13ClFNO4S/c1-22-15(19)10-18(13-6-2-11(16)3-7-13)23(20,21)14-8-4-12(17)5-9-14/h2-9H,10H2,1H3. The van der Waals surface area contributed by atoms with Crippen molar-refractivity contribution >= 4 is 33.3 Å². The smallest absolute Gasteiger partial charge is 0.326 e. The maximum atomic E-state index is 13.0. The van der Waals surface area contributed by atoms with Crippen molar-refractivity contribution in [3.63, 3.8) is 0 Å². The molecule has 0 unspecified atom stereocenters. The molecule has 0 aromatic heterocycles. The van der Waals surface area contributed by atoms with E-state index in [1.807, 2.05) is 0 Å². The van der Waals surface area contributed by atoms with Crippen LogP contribution in [0.4, 0.5) is 10.1 Å². The van der Waals surface area contributed by atoms with E-state index < -0.39 is 28.4 Å². The van der Waals surface area contributed by atoms with E-state index in [2.05, 4.69) is 4.74 Å². The molecule has 0 heterocycles. The van der Waals surface area contributed by atoms with Crippen molar-refractivity contribution < 1.29 is 22.3 Å². The Morgan fingerprint density at radius 1 is 1.13 bits per heavy atom. The maximum Gasteiger partial charge on any atom is 0.326 e. The van der Waals surface area contributed by atoms with E-state index >= 15 is 0 Å². The van der Waals surface area contributed by atoms with Crippen molar-refractivity contribution in [1.29, 1.82) is 0 Å². The number of hydrogen-bond donors (Lipinski definition) is 0. The molecule has 0 bridgehead atoms. The fraction of sp³-hybridized carbons (Fsp3) is 0.133. The van der Waals surface area contributed by atoms with Gasteiger partial charge in [-0.25, -0.2) is 12.8 Å². The van der Waals surface area contributed by atoms with Gasteiger partial charge in [0.1, 0.15) is 12.4 Å². The van der Waals surface area contributed by atoms with Crippen LogP contribution in [0.25, 0.3) is 0 Å². The Morgan fingerprint density at radius 3 is 2.22 bits per heavy atom. The summed E-state index contributed by atoms with van der Waals surface area (Å²) in [5.74, 6) is -1.29. The van der Waals surface area contributed by atoms with E-state index in [4.69, 9.17) is 11.6 Å². The molecule has 0 saturated heterocycles. The monoisotopic (exact) mass is 357 g/mol. The van der Waals surface area contributed by atoms with Crippen LogP contribution in [0.5, 0.6) is 0 Å². The number of benzene rings is 2. The van der Waals surface area contributed by atoms with Crippen molar-refractivity contribution in [2.24, 2.45) is 0 Å². The zero-order chi connectivity index (χ0) is 17.0. The summed E-state index contributed by atoms with van der Waals surface area (Å²) in [6.07, 6.45) is 0. The number of hydrogen-bond acceptors (Lipinski definition) is 4. The number of ether oxygens (including phenoxy) is 1. The summed E-state index contributed by atoms with van der Waals surface area (Å²) < 4.78 is 43.9. The van der Waals surface area contributed by atoms with Gasteiger partial charge in [0.25, 0.3) is 10.0 Å². The Bertz CT molecular complexity index is 791. The van der Waals surface area contributed by atoms with Gasteiger partial charge in [0.2, 0.25) is 0 Å². The quantitative estimate of drug-likeness (QED) is 0.772. The summed E-state index contributed by atoms with van der Waals surface area (Å²) in [6, 6.07) is 10.3. The number of carbonyl (C=O) groups excluding carboxylic acids is 1. The molecule has 23 heavy (non-hydrogen) atoms. The second-order valence-electron chi connectivity index (χ2n) is 4.52. The molecule has 2 aromatic rings.